The van der Waals surface area contributed by atoms with E-state index in [0.29, 0.717) is 0 Å². The zero-order valence-electron chi connectivity index (χ0n) is 11.1. The summed E-state index contributed by atoms with van der Waals surface area (Å²) >= 11 is 0. The molecule has 0 atom stereocenters. The number of pyridine rings is 1. The van der Waals surface area contributed by atoms with Gasteiger partial charge in [-0.25, -0.2) is 17.2 Å². The monoisotopic (exact) mass is 313 g/mol. The number of rotatable bonds is 4. The van der Waals surface area contributed by atoms with Crippen LogP contribution in [-0.2, 0) is 16.6 Å². The number of benzene rings is 1. The molecule has 21 heavy (non-hydrogen) atoms. The molecule has 0 aliphatic heterocycles. The van der Waals surface area contributed by atoms with Crippen molar-refractivity contribution in [2.75, 3.05) is 4.72 Å². The molecule has 0 spiro atoms. The van der Waals surface area contributed by atoms with Crippen LogP contribution in [0.2, 0.25) is 0 Å². The Labute approximate surface area is 120 Å². The van der Waals surface area contributed by atoms with Gasteiger partial charge in [-0.15, -0.1) is 0 Å². The third-order valence-electron chi connectivity index (χ3n) is 2.85. The van der Waals surface area contributed by atoms with Crippen LogP contribution in [0.1, 0.15) is 11.1 Å². The molecular formula is C13H13F2N3O2S. The Morgan fingerprint density at radius 1 is 1.33 bits per heavy atom. The smallest absolute Gasteiger partial charge is 0.262 e. The lowest BCUT2D eigenvalue weighted by atomic mass is 10.1. The maximum atomic E-state index is 13.7. The number of sulfonamides is 1. The van der Waals surface area contributed by atoms with Crippen LogP contribution >= 0.6 is 0 Å². The quantitative estimate of drug-likeness (QED) is 0.903. The first kappa shape index (κ1) is 15.3. The molecule has 8 heteroatoms. The van der Waals surface area contributed by atoms with Crippen LogP contribution in [0.15, 0.2) is 35.5 Å². The number of nitrogens with one attached hydrogen (secondary N) is 1. The summed E-state index contributed by atoms with van der Waals surface area (Å²) in [5.41, 5.74) is 5.37. The minimum absolute atomic E-state index is 0.0746. The molecule has 1 aromatic carbocycles. The van der Waals surface area contributed by atoms with Crippen LogP contribution in [0.5, 0.6) is 0 Å². The largest absolute Gasteiger partial charge is 0.326 e. The number of hydrogen-bond donors (Lipinski definition) is 2. The summed E-state index contributed by atoms with van der Waals surface area (Å²) < 4.78 is 53.7. The van der Waals surface area contributed by atoms with Gasteiger partial charge in [-0.3, -0.25) is 9.71 Å². The summed E-state index contributed by atoms with van der Waals surface area (Å²) in [6, 6.07) is 3.48. The lowest BCUT2D eigenvalue weighted by Crippen LogP contribution is -2.15. The molecule has 2 aromatic rings. The molecule has 0 fully saturated rings. The maximum Gasteiger partial charge on any atom is 0.262 e. The lowest BCUT2D eigenvalue weighted by Gasteiger charge is -2.11. The fourth-order valence-electron chi connectivity index (χ4n) is 1.77. The Kier molecular flexibility index (Phi) is 4.19. The van der Waals surface area contributed by atoms with Crippen molar-refractivity contribution in [3.05, 3.63) is 53.4 Å². The Morgan fingerprint density at radius 2 is 2.05 bits per heavy atom. The summed E-state index contributed by atoms with van der Waals surface area (Å²) in [7, 11) is -4.05. The van der Waals surface area contributed by atoms with E-state index in [2.05, 4.69) is 9.71 Å². The molecule has 0 aliphatic rings. The van der Waals surface area contributed by atoms with Gasteiger partial charge in [0.15, 0.2) is 5.82 Å². The Morgan fingerprint density at radius 3 is 2.67 bits per heavy atom. The van der Waals surface area contributed by atoms with E-state index < -0.39 is 21.7 Å². The van der Waals surface area contributed by atoms with E-state index in [4.69, 9.17) is 5.73 Å². The van der Waals surface area contributed by atoms with Gasteiger partial charge in [0.1, 0.15) is 5.82 Å². The summed E-state index contributed by atoms with van der Waals surface area (Å²) in [6.07, 6.45) is 2.14. The summed E-state index contributed by atoms with van der Waals surface area (Å²) in [5, 5.41) is 0. The topological polar surface area (TPSA) is 85.1 Å². The molecule has 0 amide bonds. The number of aryl methyl sites for hydroxylation is 1. The molecular weight excluding hydrogens is 300 g/mol. The van der Waals surface area contributed by atoms with E-state index in [1.807, 2.05) is 0 Å². The lowest BCUT2D eigenvalue weighted by molar-refractivity contribution is 0.590. The highest BCUT2D eigenvalue weighted by Gasteiger charge is 2.19. The summed E-state index contributed by atoms with van der Waals surface area (Å²) in [6.45, 7) is 1.29. The third kappa shape index (κ3) is 3.17. The Balaban J connectivity index is 2.45. The maximum absolute atomic E-state index is 13.7. The highest BCUT2D eigenvalue weighted by atomic mass is 32.2. The van der Waals surface area contributed by atoms with Crippen LogP contribution < -0.4 is 10.5 Å². The number of hydrogen-bond acceptors (Lipinski definition) is 4. The predicted molar refractivity (Wildman–Crippen MR) is 74.0 cm³/mol. The fraction of sp³-hybridized carbons (Fsp3) is 0.154. The Bertz CT molecular complexity index is 779. The second-order valence-electron chi connectivity index (χ2n) is 4.38. The molecule has 112 valence electrons. The van der Waals surface area contributed by atoms with Crippen molar-refractivity contribution in [2.24, 2.45) is 5.73 Å². The Hall–Kier alpha value is -2.06. The van der Waals surface area contributed by atoms with Crippen molar-refractivity contribution in [1.29, 1.82) is 0 Å². The van der Waals surface area contributed by atoms with Gasteiger partial charge < -0.3 is 5.73 Å². The average Bonchev–Trinajstić information content (AvgIpc) is 2.44. The number of nitrogens with two attached hydrogens (primary N) is 1. The highest BCUT2D eigenvalue weighted by molar-refractivity contribution is 7.92. The molecule has 0 aliphatic carbocycles. The van der Waals surface area contributed by atoms with Crippen molar-refractivity contribution >= 4 is 15.7 Å². The van der Waals surface area contributed by atoms with E-state index >= 15 is 0 Å². The van der Waals surface area contributed by atoms with Crippen molar-refractivity contribution in [1.82, 2.24) is 4.98 Å². The van der Waals surface area contributed by atoms with Gasteiger partial charge >= 0.3 is 0 Å². The van der Waals surface area contributed by atoms with Gasteiger partial charge in [0, 0.05) is 18.3 Å². The first-order valence-electron chi connectivity index (χ1n) is 5.96. The van der Waals surface area contributed by atoms with E-state index in [1.165, 1.54) is 19.2 Å². The summed E-state index contributed by atoms with van der Waals surface area (Å²) in [4.78, 5) is 3.34. The molecule has 0 bridgehead atoms. The summed E-state index contributed by atoms with van der Waals surface area (Å²) in [5.74, 6) is -1.36. The normalized spacial score (nSPS) is 11.4. The molecule has 0 radical (unpaired) electrons. The van der Waals surface area contributed by atoms with Gasteiger partial charge in [0.2, 0.25) is 0 Å². The molecule has 1 aromatic heterocycles. The first-order valence-corrected chi connectivity index (χ1v) is 7.45. The van der Waals surface area contributed by atoms with Crippen LogP contribution in [0, 0.1) is 18.6 Å². The SMILES string of the molecule is Cc1cc(S(=O)(=O)Nc2ccncc2F)cc(CN)c1F. The molecule has 0 unspecified atom stereocenters. The van der Waals surface area contributed by atoms with Crippen LogP contribution in [0.3, 0.4) is 0 Å². The molecule has 2 rings (SSSR count). The zero-order chi connectivity index (χ0) is 15.6. The van der Waals surface area contributed by atoms with Crippen molar-refractivity contribution < 1.29 is 17.2 Å². The van der Waals surface area contributed by atoms with Crippen LogP contribution in [0.25, 0.3) is 0 Å². The second kappa shape index (κ2) is 5.74. The standard InChI is InChI=1S/C13H13F2N3O2S/c1-8-4-10(5-9(6-16)13(8)15)21(19,20)18-12-2-3-17-7-11(12)14/h2-5,7H,6,16H2,1H3,(H,17,18). The van der Waals surface area contributed by atoms with Crippen molar-refractivity contribution in [2.45, 2.75) is 18.4 Å². The van der Waals surface area contributed by atoms with E-state index in [0.717, 1.165) is 18.3 Å². The van der Waals surface area contributed by atoms with E-state index in [1.54, 1.807) is 0 Å². The number of nitrogens with zero attached hydrogens (tertiary/aromatic N) is 1. The minimum atomic E-state index is -4.05. The van der Waals surface area contributed by atoms with Crippen molar-refractivity contribution in [3.8, 4) is 0 Å². The highest BCUT2D eigenvalue weighted by Crippen LogP contribution is 2.22. The average molecular weight is 313 g/mol. The van der Waals surface area contributed by atoms with E-state index in [9.17, 15) is 17.2 Å². The fourth-order valence-corrected chi connectivity index (χ4v) is 2.97. The molecule has 1 heterocycles. The third-order valence-corrected chi connectivity index (χ3v) is 4.20. The van der Waals surface area contributed by atoms with Crippen molar-refractivity contribution in [3.63, 3.8) is 0 Å². The predicted octanol–water partition coefficient (Wildman–Crippen LogP) is 1.93. The number of anilines is 1. The van der Waals surface area contributed by atoms with Crippen LogP contribution in [-0.4, -0.2) is 13.4 Å². The number of halogens is 2. The zero-order valence-corrected chi connectivity index (χ0v) is 11.9. The first-order chi connectivity index (χ1) is 9.85. The van der Waals surface area contributed by atoms with Crippen LogP contribution in [0.4, 0.5) is 14.5 Å². The van der Waals surface area contributed by atoms with Gasteiger partial charge in [-0.2, -0.15) is 0 Å². The molecule has 5 nitrogen and oxygen atoms in total. The number of aromatic nitrogens is 1. The van der Waals surface area contributed by atoms with Gasteiger partial charge in [0.05, 0.1) is 16.8 Å². The van der Waals surface area contributed by atoms with Gasteiger partial charge in [-0.1, -0.05) is 0 Å². The molecule has 3 N–H and O–H groups in total. The minimum Gasteiger partial charge on any atom is -0.326 e. The molecule has 0 saturated carbocycles. The second-order valence-corrected chi connectivity index (χ2v) is 6.06. The van der Waals surface area contributed by atoms with E-state index in [-0.39, 0.29) is 28.3 Å². The van der Waals surface area contributed by atoms with Gasteiger partial charge in [0.25, 0.3) is 10.0 Å². The van der Waals surface area contributed by atoms with Gasteiger partial charge in [-0.05, 0) is 30.7 Å². The molecule has 0 saturated heterocycles.